The molecule has 0 radical (unpaired) electrons. The summed E-state index contributed by atoms with van der Waals surface area (Å²) in [5.74, 6) is -0.0508. The summed E-state index contributed by atoms with van der Waals surface area (Å²) in [6.45, 7) is 9.18. The van der Waals surface area contributed by atoms with E-state index < -0.39 is 16.1 Å². The average Bonchev–Trinajstić information content (AvgIpc) is 3.26. The van der Waals surface area contributed by atoms with Crippen molar-refractivity contribution < 1.29 is 13.2 Å². The number of aromatic nitrogens is 4. The number of aryl methyl sites for hydroxylation is 3. The maximum absolute atomic E-state index is 12.9. The van der Waals surface area contributed by atoms with Crippen molar-refractivity contribution in [3.63, 3.8) is 0 Å². The molecule has 0 aliphatic carbocycles. The molecular formula is C17H26N6O3S. The first-order chi connectivity index (χ1) is 12.7. The first-order valence-corrected chi connectivity index (χ1v) is 10.5. The van der Waals surface area contributed by atoms with Crippen molar-refractivity contribution in [2.45, 2.75) is 45.2 Å². The van der Waals surface area contributed by atoms with E-state index in [1.165, 1.54) is 4.31 Å². The van der Waals surface area contributed by atoms with Crippen LogP contribution in [-0.2, 0) is 21.4 Å². The van der Waals surface area contributed by atoms with Gasteiger partial charge in [-0.3, -0.25) is 14.2 Å². The topological polar surface area (TPSA) is 93.3 Å². The Balaban J connectivity index is 1.67. The molecule has 0 bridgehead atoms. The number of hydrogen-bond acceptors (Lipinski definition) is 5. The summed E-state index contributed by atoms with van der Waals surface area (Å²) in [7, 11) is -3.61. The maximum Gasteiger partial charge on any atom is 0.247 e. The molecule has 1 aliphatic rings. The highest BCUT2D eigenvalue weighted by molar-refractivity contribution is 7.89. The lowest BCUT2D eigenvalue weighted by atomic mass is 10.2. The van der Waals surface area contributed by atoms with Gasteiger partial charge in [-0.05, 0) is 33.8 Å². The largest absolute Gasteiger partial charge is 0.338 e. The van der Waals surface area contributed by atoms with Crippen LogP contribution in [0.15, 0.2) is 23.4 Å². The third-order valence-electron chi connectivity index (χ3n) is 4.89. The number of hydrogen-bond donors (Lipinski definition) is 0. The van der Waals surface area contributed by atoms with Gasteiger partial charge in [0.05, 0.1) is 11.4 Å². The third-order valence-corrected chi connectivity index (χ3v) is 6.89. The van der Waals surface area contributed by atoms with E-state index >= 15 is 0 Å². The lowest BCUT2D eigenvalue weighted by Crippen LogP contribution is -2.51. The van der Waals surface area contributed by atoms with Crippen molar-refractivity contribution in [2.75, 3.05) is 26.2 Å². The Hall–Kier alpha value is -2.20. The van der Waals surface area contributed by atoms with Crippen LogP contribution < -0.4 is 0 Å². The second-order valence-corrected chi connectivity index (χ2v) is 8.68. The monoisotopic (exact) mass is 394 g/mol. The van der Waals surface area contributed by atoms with Gasteiger partial charge in [0.15, 0.2) is 0 Å². The zero-order valence-corrected chi connectivity index (χ0v) is 17.0. The summed E-state index contributed by atoms with van der Waals surface area (Å²) < 4.78 is 30.6. The quantitative estimate of drug-likeness (QED) is 0.748. The minimum atomic E-state index is -3.61. The molecule has 0 aromatic carbocycles. The number of nitrogens with zero attached hydrogens (tertiary/aromatic N) is 6. The van der Waals surface area contributed by atoms with Gasteiger partial charge in [-0.25, -0.2) is 8.42 Å². The molecule has 148 valence electrons. The van der Waals surface area contributed by atoms with Crippen molar-refractivity contribution in [1.29, 1.82) is 0 Å². The lowest BCUT2D eigenvalue weighted by molar-refractivity contribution is -0.135. The number of sulfonamides is 1. The molecule has 0 N–H and O–H groups in total. The SMILES string of the molecule is CCn1cc(S(=O)(=O)N2CCN(C(=O)C(C)n3ccc(C)n3)CC2)c(C)n1. The summed E-state index contributed by atoms with van der Waals surface area (Å²) >= 11 is 0. The fourth-order valence-corrected chi connectivity index (χ4v) is 4.82. The molecule has 3 rings (SSSR count). The van der Waals surface area contributed by atoms with Gasteiger partial charge >= 0.3 is 0 Å². The summed E-state index contributed by atoms with van der Waals surface area (Å²) in [6.07, 6.45) is 3.36. The Morgan fingerprint density at radius 1 is 1.19 bits per heavy atom. The molecule has 0 spiro atoms. The van der Waals surface area contributed by atoms with Gasteiger partial charge in [0.25, 0.3) is 0 Å². The van der Waals surface area contributed by atoms with Crippen LogP contribution in [0.5, 0.6) is 0 Å². The van der Waals surface area contributed by atoms with E-state index in [1.54, 1.807) is 40.5 Å². The molecule has 3 heterocycles. The van der Waals surface area contributed by atoms with E-state index in [0.717, 1.165) is 5.69 Å². The van der Waals surface area contributed by atoms with Gasteiger partial charge < -0.3 is 4.90 Å². The van der Waals surface area contributed by atoms with Gasteiger partial charge in [-0.2, -0.15) is 14.5 Å². The van der Waals surface area contributed by atoms with E-state index in [-0.39, 0.29) is 23.9 Å². The molecule has 9 nitrogen and oxygen atoms in total. The van der Waals surface area contributed by atoms with Crippen molar-refractivity contribution in [1.82, 2.24) is 28.8 Å². The molecule has 2 aromatic rings. The van der Waals surface area contributed by atoms with Crippen LogP contribution in [0, 0.1) is 13.8 Å². The second-order valence-electron chi connectivity index (χ2n) is 6.78. The van der Waals surface area contributed by atoms with E-state index in [0.29, 0.717) is 25.3 Å². The zero-order chi connectivity index (χ0) is 19.8. The molecule has 27 heavy (non-hydrogen) atoms. The summed E-state index contributed by atoms with van der Waals surface area (Å²) in [4.78, 5) is 14.7. The van der Waals surface area contributed by atoms with Crippen LogP contribution in [0.3, 0.4) is 0 Å². The Morgan fingerprint density at radius 3 is 2.37 bits per heavy atom. The molecule has 1 saturated heterocycles. The number of piperazine rings is 1. The molecular weight excluding hydrogens is 368 g/mol. The molecule has 1 atom stereocenters. The molecule has 2 aromatic heterocycles. The van der Waals surface area contributed by atoms with Crippen molar-refractivity contribution in [2.24, 2.45) is 0 Å². The highest BCUT2D eigenvalue weighted by Crippen LogP contribution is 2.21. The normalized spacial score (nSPS) is 17.3. The predicted molar refractivity (Wildman–Crippen MR) is 99.7 cm³/mol. The fraction of sp³-hybridized carbons (Fsp3) is 0.588. The summed E-state index contributed by atoms with van der Waals surface area (Å²) in [5, 5.41) is 8.52. The van der Waals surface area contributed by atoms with Crippen LogP contribution >= 0.6 is 0 Å². The summed E-state index contributed by atoms with van der Waals surface area (Å²) in [6, 6.07) is 1.44. The van der Waals surface area contributed by atoms with Crippen LogP contribution in [0.4, 0.5) is 0 Å². The fourth-order valence-electron chi connectivity index (χ4n) is 3.23. The lowest BCUT2D eigenvalue weighted by Gasteiger charge is -2.35. The molecule has 10 heteroatoms. The Labute approximate surface area is 159 Å². The first kappa shape index (κ1) is 19.6. The molecule has 0 saturated carbocycles. The summed E-state index contributed by atoms with van der Waals surface area (Å²) in [5.41, 5.74) is 1.35. The van der Waals surface area contributed by atoms with Crippen LogP contribution in [0.25, 0.3) is 0 Å². The molecule has 1 fully saturated rings. The van der Waals surface area contributed by atoms with E-state index in [1.807, 2.05) is 19.9 Å². The number of amides is 1. The van der Waals surface area contributed by atoms with Gasteiger partial charge in [-0.1, -0.05) is 0 Å². The Bertz CT molecular complexity index is 924. The van der Waals surface area contributed by atoms with E-state index in [9.17, 15) is 13.2 Å². The zero-order valence-electron chi connectivity index (χ0n) is 16.2. The first-order valence-electron chi connectivity index (χ1n) is 9.08. The van der Waals surface area contributed by atoms with Gasteiger partial charge in [-0.15, -0.1) is 0 Å². The third kappa shape index (κ3) is 3.77. The van der Waals surface area contributed by atoms with Gasteiger partial charge in [0, 0.05) is 45.1 Å². The van der Waals surface area contributed by atoms with Crippen molar-refractivity contribution in [3.05, 3.63) is 29.8 Å². The molecule has 1 aliphatic heterocycles. The van der Waals surface area contributed by atoms with Gasteiger partial charge in [0.2, 0.25) is 15.9 Å². The smallest absolute Gasteiger partial charge is 0.247 e. The highest BCUT2D eigenvalue weighted by atomic mass is 32.2. The molecule has 1 amide bonds. The van der Waals surface area contributed by atoms with E-state index in [4.69, 9.17) is 0 Å². The van der Waals surface area contributed by atoms with Crippen molar-refractivity contribution >= 4 is 15.9 Å². The average molecular weight is 395 g/mol. The Morgan fingerprint density at radius 2 is 1.85 bits per heavy atom. The van der Waals surface area contributed by atoms with Gasteiger partial charge in [0.1, 0.15) is 10.9 Å². The number of rotatable bonds is 5. The minimum Gasteiger partial charge on any atom is -0.338 e. The molecule has 1 unspecified atom stereocenters. The maximum atomic E-state index is 12.9. The standard InChI is InChI=1S/C17H26N6O3S/c1-5-21-12-16(14(3)19-21)27(25,26)22-10-8-20(9-11-22)17(24)15(4)23-7-6-13(2)18-23/h6-7,12,15H,5,8-11H2,1-4H3. The number of carbonyl (C=O) groups is 1. The van der Waals surface area contributed by atoms with Crippen LogP contribution in [-0.4, -0.2) is 69.3 Å². The Kier molecular flexibility index (Phi) is 5.38. The van der Waals surface area contributed by atoms with Crippen molar-refractivity contribution in [3.8, 4) is 0 Å². The second kappa shape index (κ2) is 7.43. The van der Waals surface area contributed by atoms with Crippen LogP contribution in [0.1, 0.15) is 31.3 Å². The number of carbonyl (C=O) groups excluding carboxylic acids is 1. The minimum absolute atomic E-state index is 0.0508. The highest BCUT2D eigenvalue weighted by Gasteiger charge is 2.33. The van der Waals surface area contributed by atoms with Crippen LogP contribution in [0.2, 0.25) is 0 Å². The predicted octanol–water partition coefficient (Wildman–Crippen LogP) is 0.810. The van der Waals surface area contributed by atoms with E-state index in [2.05, 4.69) is 10.2 Å².